The molecule has 0 spiro atoms. The minimum absolute atomic E-state index is 0. The summed E-state index contributed by atoms with van der Waals surface area (Å²) in [7, 11) is 0. The number of rotatable bonds is 4. The van der Waals surface area contributed by atoms with Crippen LogP contribution >= 0.6 is 24.8 Å². The number of piperidine rings is 1. The highest BCUT2D eigenvalue weighted by Crippen LogP contribution is 2.38. The van der Waals surface area contributed by atoms with Crippen molar-refractivity contribution in [1.82, 2.24) is 15.5 Å². The van der Waals surface area contributed by atoms with Gasteiger partial charge in [0.2, 0.25) is 5.91 Å². The Morgan fingerprint density at radius 3 is 2.28 bits per heavy atom. The van der Waals surface area contributed by atoms with E-state index in [0.29, 0.717) is 24.5 Å². The zero-order valence-corrected chi connectivity index (χ0v) is 16.6. The molecule has 1 amide bonds. The van der Waals surface area contributed by atoms with E-state index in [0.717, 1.165) is 39.1 Å². The lowest BCUT2D eigenvalue weighted by Gasteiger charge is -2.43. The second kappa shape index (κ2) is 9.23. The molecule has 4 fully saturated rings. The Bertz CT molecular complexity index is 428. The van der Waals surface area contributed by atoms with E-state index in [1.54, 1.807) is 0 Å². The first-order chi connectivity index (χ1) is 11.2. The fourth-order valence-electron chi connectivity index (χ4n) is 5.43. The van der Waals surface area contributed by atoms with Crippen LogP contribution in [0.25, 0.3) is 0 Å². The van der Waals surface area contributed by atoms with Crippen LogP contribution in [0.5, 0.6) is 0 Å². The van der Waals surface area contributed by atoms with Gasteiger partial charge in [-0.05, 0) is 38.5 Å². The summed E-state index contributed by atoms with van der Waals surface area (Å²) in [5.74, 6) is 0.282. The minimum Gasteiger partial charge on any atom is -0.379 e. The van der Waals surface area contributed by atoms with Crippen LogP contribution in [-0.4, -0.2) is 60.8 Å². The standard InChI is InChI=1S/C18H31N3O2.2ClH/c22-17(20-16-11-14-3-4-15(12-16)19-14)13-18(5-1-2-6-18)21-7-9-23-10-8-21;;/h14-16,19H,1-13H2,(H,20,22);2*1H. The first-order valence-electron chi connectivity index (χ1n) is 9.62. The number of fused-ring (bicyclic) bond motifs is 2. The van der Waals surface area contributed by atoms with Gasteiger partial charge in [-0.15, -0.1) is 24.8 Å². The Kier molecular flexibility index (Phi) is 7.84. The maximum atomic E-state index is 12.8. The smallest absolute Gasteiger partial charge is 0.222 e. The Morgan fingerprint density at radius 1 is 1.08 bits per heavy atom. The summed E-state index contributed by atoms with van der Waals surface area (Å²) in [4.78, 5) is 15.3. The summed E-state index contributed by atoms with van der Waals surface area (Å²) in [6, 6.07) is 1.67. The molecule has 0 radical (unpaired) electrons. The monoisotopic (exact) mass is 393 g/mol. The van der Waals surface area contributed by atoms with E-state index < -0.39 is 0 Å². The van der Waals surface area contributed by atoms with E-state index in [9.17, 15) is 4.79 Å². The van der Waals surface area contributed by atoms with Crippen LogP contribution in [0.2, 0.25) is 0 Å². The van der Waals surface area contributed by atoms with Crippen molar-refractivity contribution < 1.29 is 9.53 Å². The van der Waals surface area contributed by atoms with Crippen molar-refractivity contribution in [2.45, 2.75) is 81.5 Å². The number of carbonyl (C=O) groups is 1. The van der Waals surface area contributed by atoms with Crippen molar-refractivity contribution in [3.8, 4) is 0 Å². The summed E-state index contributed by atoms with van der Waals surface area (Å²) < 4.78 is 5.51. The van der Waals surface area contributed by atoms with Gasteiger partial charge >= 0.3 is 0 Å². The Balaban J connectivity index is 0.00000113. The maximum absolute atomic E-state index is 12.8. The number of amides is 1. The normalized spacial score (nSPS) is 34.0. The fourth-order valence-corrected chi connectivity index (χ4v) is 5.43. The Morgan fingerprint density at radius 2 is 1.68 bits per heavy atom. The molecule has 3 saturated heterocycles. The summed E-state index contributed by atoms with van der Waals surface area (Å²) in [5.41, 5.74) is 0.111. The third kappa shape index (κ3) is 4.81. The zero-order chi connectivity index (χ0) is 15.7. The molecule has 2 bridgehead atoms. The van der Waals surface area contributed by atoms with Gasteiger partial charge in [-0.25, -0.2) is 0 Å². The Labute approximate surface area is 163 Å². The molecule has 2 atom stereocenters. The van der Waals surface area contributed by atoms with E-state index in [1.165, 1.54) is 38.5 Å². The lowest BCUT2D eigenvalue weighted by atomic mass is 9.89. The number of nitrogens with zero attached hydrogens (tertiary/aromatic N) is 1. The number of nitrogens with one attached hydrogen (secondary N) is 2. The highest BCUT2D eigenvalue weighted by Gasteiger charge is 2.42. The molecule has 25 heavy (non-hydrogen) atoms. The molecular formula is C18H33Cl2N3O2. The molecule has 7 heteroatoms. The number of hydrogen-bond donors (Lipinski definition) is 2. The average molecular weight is 394 g/mol. The molecule has 4 rings (SSSR count). The molecule has 3 heterocycles. The average Bonchev–Trinajstić information content (AvgIpc) is 3.16. The van der Waals surface area contributed by atoms with Crippen molar-refractivity contribution in [1.29, 1.82) is 0 Å². The van der Waals surface area contributed by atoms with Gasteiger partial charge in [-0.1, -0.05) is 12.8 Å². The number of morpholine rings is 1. The zero-order valence-electron chi connectivity index (χ0n) is 15.0. The number of hydrogen-bond acceptors (Lipinski definition) is 4. The van der Waals surface area contributed by atoms with Crippen LogP contribution in [0.15, 0.2) is 0 Å². The number of halogens is 2. The van der Waals surface area contributed by atoms with Gasteiger partial charge in [-0.2, -0.15) is 0 Å². The van der Waals surface area contributed by atoms with Crippen molar-refractivity contribution in [3.05, 3.63) is 0 Å². The molecule has 5 nitrogen and oxygen atoms in total. The molecule has 1 aliphatic carbocycles. The molecule has 0 aromatic carbocycles. The highest BCUT2D eigenvalue weighted by atomic mass is 35.5. The van der Waals surface area contributed by atoms with Gasteiger partial charge < -0.3 is 15.4 Å². The van der Waals surface area contributed by atoms with Crippen LogP contribution in [0.3, 0.4) is 0 Å². The van der Waals surface area contributed by atoms with Gasteiger partial charge in [0.15, 0.2) is 0 Å². The molecule has 2 unspecified atom stereocenters. The molecule has 4 aliphatic rings. The van der Waals surface area contributed by atoms with Crippen molar-refractivity contribution in [3.63, 3.8) is 0 Å². The number of ether oxygens (including phenoxy) is 1. The van der Waals surface area contributed by atoms with Crippen LogP contribution in [0.4, 0.5) is 0 Å². The van der Waals surface area contributed by atoms with Crippen molar-refractivity contribution >= 4 is 30.7 Å². The molecule has 0 aromatic heterocycles. The van der Waals surface area contributed by atoms with E-state index in [1.807, 2.05) is 0 Å². The fraction of sp³-hybridized carbons (Fsp3) is 0.944. The molecule has 146 valence electrons. The van der Waals surface area contributed by atoms with Crippen molar-refractivity contribution in [2.24, 2.45) is 0 Å². The van der Waals surface area contributed by atoms with Crippen LogP contribution in [-0.2, 0) is 9.53 Å². The van der Waals surface area contributed by atoms with Gasteiger partial charge in [0.25, 0.3) is 0 Å². The van der Waals surface area contributed by atoms with E-state index in [-0.39, 0.29) is 36.3 Å². The molecular weight excluding hydrogens is 361 g/mol. The van der Waals surface area contributed by atoms with Crippen molar-refractivity contribution in [2.75, 3.05) is 26.3 Å². The third-order valence-electron chi connectivity index (χ3n) is 6.54. The SMILES string of the molecule is Cl.Cl.O=C(CC1(N2CCOCC2)CCCC1)NC1CC2CCC(C1)N2. The largest absolute Gasteiger partial charge is 0.379 e. The highest BCUT2D eigenvalue weighted by molar-refractivity contribution is 5.85. The van der Waals surface area contributed by atoms with Gasteiger partial charge in [0.1, 0.15) is 0 Å². The third-order valence-corrected chi connectivity index (χ3v) is 6.54. The van der Waals surface area contributed by atoms with Crippen LogP contribution in [0, 0.1) is 0 Å². The molecule has 3 aliphatic heterocycles. The maximum Gasteiger partial charge on any atom is 0.222 e. The first kappa shape index (κ1) is 21.2. The summed E-state index contributed by atoms with van der Waals surface area (Å²) in [5, 5.41) is 7.03. The molecule has 2 N–H and O–H groups in total. The van der Waals surface area contributed by atoms with Gasteiger partial charge in [-0.3, -0.25) is 9.69 Å². The second-order valence-electron chi connectivity index (χ2n) is 8.08. The van der Waals surface area contributed by atoms with Crippen LogP contribution in [0.1, 0.15) is 57.8 Å². The van der Waals surface area contributed by atoms with E-state index in [2.05, 4.69) is 15.5 Å². The number of carbonyl (C=O) groups excluding carboxylic acids is 1. The topological polar surface area (TPSA) is 53.6 Å². The lowest BCUT2D eigenvalue weighted by molar-refractivity contribution is -0.126. The van der Waals surface area contributed by atoms with Gasteiger partial charge in [0, 0.05) is 43.2 Å². The first-order valence-corrected chi connectivity index (χ1v) is 9.62. The molecule has 0 aromatic rings. The minimum atomic E-state index is 0. The van der Waals surface area contributed by atoms with Gasteiger partial charge in [0.05, 0.1) is 13.2 Å². The second-order valence-corrected chi connectivity index (χ2v) is 8.08. The summed E-state index contributed by atoms with van der Waals surface area (Å²) >= 11 is 0. The summed E-state index contributed by atoms with van der Waals surface area (Å²) in [6.07, 6.45) is 10.4. The predicted octanol–water partition coefficient (Wildman–Crippen LogP) is 2.26. The summed E-state index contributed by atoms with van der Waals surface area (Å²) in [6.45, 7) is 3.62. The lowest BCUT2D eigenvalue weighted by Crippen LogP contribution is -2.55. The quantitative estimate of drug-likeness (QED) is 0.768. The van der Waals surface area contributed by atoms with E-state index in [4.69, 9.17) is 4.74 Å². The molecule has 1 saturated carbocycles. The van der Waals surface area contributed by atoms with Crippen LogP contribution < -0.4 is 10.6 Å². The predicted molar refractivity (Wildman–Crippen MR) is 104 cm³/mol. The van der Waals surface area contributed by atoms with E-state index >= 15 is 0 Å². The Hall–Kier alpha value is -0.0700.